The Hall–Kier alpha value is -3.84. The Labute approximate surface area is 429 Å². The van der Waals surface area contributed by atoms with E-state index in [1.54, 1.807) is 0 Å². The van der Waals surface area contributed by atoms with Gasteiger partial charge in [-0.15, -0.1) is 0 Å². The van der Waals surface area contributed by atoms with Crippen molar-refractivity contribution in [3.63, 3.8) is 0 Å². The molecule has 1 saturated heterocycles. The zero-order valence-corrected chi connectivity index (χ0v) is 44.4. The smallest absolute Gasteiger partial charge is 0.335 e. The number of esters is 3. The molecule has 0 aliphatic carbocycles. The van der Waals surface area contributed by atoms with Gasteiger partial charge in [-0.2, -0.15) is 0 Å². The van der Waals surface area contributed by atoms with Gasteiger partial charge in [0.15, 0.2) is 24.6 Å². The maximum atomic E-state index is 13.1. The highest BCUT2D eigenvalue weighted by Gasteiger charge is 2.50. The Morgan fingerprint density at radius 3 is 1.32 bits per heavy atom. The van der Waals surface area contributed by atoms with Crippen LogP contribution < -0.4 is 0 Å². The van der Waals surface area contributed by atoms with Gasteiger partial charge >= 0.3 is 23.9 Å². The normalized spacial score (nSPS) is 19.0. The molecule has 1 aliphatic rings. The molecule has 0 saturated carbocycles. The van der Waals surface area contributed by atoms with Gasteiger partial charge in [0.05, 0.1) is 6.61 Å². The van der Waals surface area contributed by atoms with Crippen LogP contribution in [-0.4, -0.2) is 89.2 Å². The van der Waals surface area contributed by atoms with Crippen LogP contribution in [0.25, 0.3) is 0 Å². The number of allylic oxidation sites excluding steroid dienone is 12. The van der Waals surface area contributed by atoms with Gasteiger partial charge in [0.1, 0.15) is 18.8 Å². The molecule has 71 heavy (non-hydrogen) atoms. The van der Waals surface area contributed by atoms with Crippen LogP contribution in [0.2, 0.25) is 0 Å². The van der Waals surface area contributed by atoms with Crippen LogP contribution in [-0.2, 0) is 42.9 Å². The van der Waals surface area contributed by atoms with Gasteiger partial charge in [0.25, 0.3) is 0 Å². The molecule has 0 aromatic heterocycles. The zero-order valence-electron chi connectivity index (χ0n) is 44.4. The van der Waals surface area contributed by atoms with E-state index in [1.807, 2.05) is 0 Å². The fourth-order valence-electron chi connectivity index (χ4n) is 7.88. The average Bonchev–Trinajstić information content (AvgIpc) is 3.35. The van der Waals surface area contributed by atoms with Crippen LogP contribution in [0.1, 0.15) is 226 Å². The molecular formula is C59H98O12. The molecule has 0 bridgehead atoms. The van der Waals surface area contributed by atoms with Gasteiger partial charge in [0, 0.05) is 19.3 Å². The summed E-state index contributed by atoms with van der Waals surface area (Å²) in [6.07, 6.45) is 45.9. The molecule has 6 atom stereocenters. The number of ether oxygens (including phenoxy) is 5. The maximum absolute atomic E-state index is 13.1. The van der Waals surface area contributed by atoms with Crippen molar-refractivity contribution in [1.29, 1.82) is 0 Å². The number of carboxylic acids is 1. The van der Waals surface area contributed by atoms with Crippen molar-refractivity contribution in [1.82, 2.24) is 0 Å². The summed E-state index contributed by atoms with van der Waals surface area (Å²) in [5.74, 6) is -3.18. The molecule has 0 amide bonds. The minimum Gasteiger partial charge on any atom is -0.479 e. The van der Waals surface area contributed by atoms with Crippen LogP contribution in [0.3, 0.4) is 0 Å². The second kappa shape index (κ2) is 47.2. The number of aliphatic hydroxyl groups is 2. The van der Waals surface area contributed by atoms with Gasteiger partial charge in [0.2, 0.25) is 0 Å². The molecule has 406 valence electrons. The minimum atomic E-state index is -1.91. The van der Waals surface area contributed by atoms with E-state index in [1.165, 1.54) is 19.3 Å². The van der Waals surface area contributed by atoms with Crippen molar-refractivity contribution in [3.8, 4) is 0 Å². The first-order chi connectivity index (χ1) is 34.6. The number of hydrogen-bond acceptors (Lipinski definition) is 11. The van der Waals surface area contributed by atoms with E-state index >= 15 is 0 Å². The summed E-state index contributed by atoms with van der Waals surface area (Å²) in [5.41, 5.74) is 0. The molecular weight excluding hydrogens is 901 g/mol. The Morgan fingerprint density at radius 2 is 0.873 bits per heavy atom. The van der Waals surface area contributed by atoms with Crippen molar-refractivity contribution in [2.75, 3.05) is 13.2 Å². The summed E-state index contributed by atoms with van der Waals surface area (Å²) in [6, 6.07) is 0. The molecule has 1 fully saturated rings. The van der Waals surface area contributed by atoms with Gasteiger partial charge in [-0.3, -0.25) is 14.4 Å². The van der Waals surface area contributed by atoms with E-state index in [0.29, 0.717) is 19.3 Å². The molecule has 12 nitrogen and oxygen atoms in total. The van der Waals surface area contributed by atoms with Crippen LogP contribution >= 0.6 is 0 Å². The van der Waals surface area contributed by atoms with E-state index < -0.39 is 67.3 Å². The molecule has 0 aromatic carbocycles. The number of aliphatic hydroxyl groups excluding tert-OH is 2. The van der Waals surface area contributed by atoms with Crippen LogP contribution in [0.4, 0.5) is 0 Å². The predicted molar refractivity (Wildman–Crippen MR) is 285 cm³/mol. The number of unbranched alkanes of at least 4 members (excludes halogenated alkanes) is 20. The van der Waals surface area contributed by atoms with Gasteiger partial charge < -0.3 is 39.0 Å². The van der Waals surface area contributed by atoms with Gasteiger partial charge in [-0.05, 0) is 103 Å². The topological polar surface area (TPSA) is 175 Å². The second-order valence-corrected chi connectivity index (χ2v) is 18.9. The first-order valence-corrected chi connectivity index (χ1v) is 27.9. The highest BCUT2D eigenvalue weighted by atomic mass is 16.7. The van der Waals surface area contributed by atoms with E-state index in [0.717, 1.165) is 148 Å². The third-order valence-corrected chi connectivity index (χ3v) is 12.2. The van der Waals surface area contributed by atoms with E-state index in [4.69, 9.17) is 23.7 Å². The molecule has 0 spiro atoms. The highest BCUT2D eigenvalue weighted by molar-refractivity contribution is 5.74. The quantitative estimate of drug-likeness (QED) is 0.0228. The number of carbonyl (C=O) groups excluding carboxylic acids is 3. The summed E-state index contributed by atoms with van der Waals surface area (Å²) in [4.78, 5) is 51.0. The molecule has 1 rings (SSSR count). The minimum absolute atomic E-state index is 0.0390. The Balaban J connectivity index is 2.74. The van der Waals surface area contributed by atoms with Gasteiger partial charge in [-0.25, -0.2) is 4.79 Å². The number of rotatable bonds is 46. The van der Waals surface area contributed by atoms with Crippen molar-refractivity contribution in [2.45, 2.75) is 263 Å². The van der Waals surface area contributed by atoms with Crippen molar-refractivity contribution < 1.29 is 58.2 Å². The number of aliphatic carboxylic acids is 1. The summed E-state index contributed by atoms with van der Waals surface area (Å²) >= 11 is 0. The summed E-state index contributed by atoms with van der Waals surface area (Å²) in [6.45, 7) is 5.79. The maximum Gasteiger partial charge on any atom is 0.335 e. The zero-order chi connectivity index (χ0) is 51.8. The Bertz CT molecular complexity index is 1510. The highest BCUT2D eigenvalue weighted by Crippen LogP contribution is 2.26. The SMILES string of the molecule is CCC/C=C\C/C=C\CCCCCCCC(=O)OC(COC(=O)CCCCCCC/C=C\C/C=C\CCCCC)COC1OC(C(=O)O)C(O)C(O)C1OC(=O)CCCCCCC/C=C\C/C=C\CCC. The molecule has 1 aliphatic heterocycles. The lowest BCUT2D eigenvalue weighted by atomic mass is 9.98. The Morgan fingerprint density at radius 1 is 0.465 bits per heavy atom. The predicted octanol–water partition coefficient (Wildman–Crippen LogP) is 13.8. The summed E-state index contributed by atoms with van der Waals surface area (Å²) < 4.78 is 28.3. The molecule has 6 unspecified atom stereocenters. The van der Waals surface area contributed by atoms with Crippen LogP contribution in [0.15, 0.2) is 72.9 Å². The van der Waals surface area contributed by atoms with E-state index in [9.17, 15) is 34.5 Å². The van der Waals surface area contributed by atoms with Crippen molar-refractivity contribution >= 4 is 23.9 Å². The van der Waals surface area contributed by atoms with Crippen LogP contribution in [0, 0.1) is 0 Å². The summed E-state index contributed by atoms with van der Waals surface area (Å²) in [7, 11) is 0. The third-order valence-electron chi connectivity index (χ3n) is 12.2. The number of carboxylic acid groups (broad SMARTS) is 1. The molecule has 0 aromatic rings. The first-order valence-electron chi connectivity index (χ1n) is 27.9. The van der Waals surface area contributed by atoms with E-state index in [-0.39, 0.29) is 25.9 Å². The third kappa shape index (κ3) is 37.6. The fourth-order valence-corrected chi connectivity index (χ4v) is 7.88. The monoisotopic (exact) mass is 999 g/mol. The molecule has 1 heterocycles. The van der Waals surface area contributed by atoms with Crippen molar-refractivity contribution in [2.24, 2.45) is 0 Å². The molecule has 12 heteroatoms. The van der Waals surface area contributed by atoms with E-state index in [2.05, 4.69) is 93.7 Å². The Kier molecular flexibility index (Phi) is 43.3. The lowest BCUT2D eigenvalue weighted by molar-refractivity contribution is -0.301. The summed E-state index contributed by atoms with van der Waals surface area (Å²) in [5, 5.41) is 31.4. The standard InChI is InChI=1S/C59H98O12/c1-4-7-10-13-16-19-22-25-26-29-30-33-36-39-42-45-51(60)67-48-50(69-52(61)46-43-40-37-34-31-27-23-20-17-14-11-8-5-2)49-68-59-57(55(64)54(63)56(71-59)58(65)66)70-53(62)47-44-41-38-35-32-28-24-21-18-15-12-9-6-3/h11-12,14-16,19-21,23-26,50,54-57,59,63-64H,4-10,13,17-18,22,27-49H2,1-3H3,(H,65,66)/b14-11-,15-12-,19-16-,23-20-,24-21-,26-25-. The number of hydrogen-bond donors (Lipinski definition) is 3. The second-order valence-electron chi connectivity index (χ2n) is 18.9. The van der Waals surface area contributed by atoms with Crippen molar-refractivity contribution in [3.05, 3.63) is 72.9 Å². The number of carbonyl (C=O) groups is 4. The molecule has 0 radical (unpaired) electrons. The lowest BCUT2D eigenvalue weighted by Crippen LogP contribution is -2.61. The van der Waals surface area contributed by atoms with Crippen LogP contribution in [0.5, 0.6) is 0 Å². The lowest BCUT2D eigenvalue weighted by Gasteiger charge is -2.40. The van der Waals surface area contributed by atoms with Gasteiger partial charge in [-0.1, -0.05) is 177 Å². The average molecular weight is 999 g/mol. The molecule has 3 N–H and O–H groups in total. The largest absolute Gasteiger partial charge is 0.479 e. The first kappa shape index (κ1) is 65.2. The fraction of sp³-hybridized carbons (Fsp3) is 0.729.